The number of aromatic nitrogens is 1. The largest absolute Gasteiger partial charge is 0.335 e. The van der Waals surface area contributed by atoms with Crippen LogP contribution >= 0.6 is 0 Å². The first-order valence-corrected chi connectivity index (χ1v) is 8.15. The Hall–Kier alpha value is -2.15. The highest BCUT2D eigenvalue weighted by atomic mass is 16.5. The van der Waals surface area contributed by atoms with E-state index in [-0.39, 0.29) is 12.1 Å². The van der Waals surface area contributed by atoms with E-state index in [9.17, 15) is 9.59 Å². The number of amides is 3. The molecule has 23 heavy (non-hydrogen) atoms. The fraction of sp³-hybridized carbons (Fsp3) is 0.562. The maximum absolute atomic E-state index is 12.4. The second kappa shape index (κ2) is 6.95. The van der Waals surface area contributed by atoms with E-state index in [1.54, 1.807) is 16.4 Å². The number of hydrogen-bond acceptors (Lipinski definition) is 4. The molecule has 2 heterocycles. The number of hydrogen-bond donors (Lipinski definition) is 3. The number of rotatable bonds is 2. The van der Waals surface area contributed by atoms with E-state index < -0.39 is 5.91 Å². The zero-order valence-electron chi connectivity index (χ0n) is 13.0. The molecule has 7 heteroatoms. The average Bonchev–Trinajstić information content (AvgIpc) is 2.60. The minimum absolute atomic E-state index is 0.0421. The molecule has 3 N–H and O–H groups in total. The molecule has 3 amide bonds. The van der Waals surface area contributed by atoms with Gasteiger partial charge in [-0.05, 0) is 24.5 Å². The monoisotopic (exact) mass is 318 g/mol. The minimum atomic E-state index is -0.593. The van der Waals surface area contributed by atoms with E-state index in [1.165, 1.54) is 25.5 Å². The standard InChI is InChI=1S/C16H22N4O3/c21-15(19-23)11-8-12-10-20(7-6-14(12)17-9-11)16(22)18-13-4-2-1-3-5-13/h8-9,13,23H,1-7,10H2,(H,18,22)(H,19,21). The molecular weight excluding hydrogens is 296 g/mol. The summed E-state index contributed by atoms with van der Waals surface area (Å²) in [6.07, 6.45) is 7.84. The topological polar surface area (TPSA) is 94.6 Å². The molecule has 1 aliphatic carbocycles. The van der Waals surface area contributed by atoms with Crippen LogP contribution in [0, 0.1) is 0 Å². The smallest absolute Gasteiger partial charge is 0.317 e. The summed E-state index contributed by atoms with van der Waals surface area (Å²) >= 11 is 0. The van der Waals surface area contributed by atoms with Crippen LogP contribution in [-0.2, 0) is 13.0 Å². The third-order valence-electron chi connectivity index (χ3n) is 4.62. The first kappa shape index (κ1) is 15.7. The Bertz CT molecular complexity index is 599. The molecule has 1 aromatic heterocycles. The number of nitrogens with one attached hydrogen (secondary N) is 2. The fourth-order valence-electron chi connectivity index (χ4n) is 3.30. The number of nitrogens with zero attached hydrogens (tertiary/aromatic N) is 2. The van der Waals surface area contributed by atoms with E-state index in [4.69, 9.17) is 5.21 Å². The Kier molecular flexibility index (Phi) is 4.76. The lowest BCUT2D eigenvalue weighted by molar-refractivity contribution is 0.0705. The van der Waals surface area contributed by atoms with Gasteiger partial charge in [0.15, 0.2) is 0 Å². The SMILES string of the molecule is O=C(NO)c1cnc2c(c1)CN(C(=O)NC1CCCCC1)CC2. The Labute approximate surface area is 135 Å². The number of urea groups is 1. The predicted octanol–water partition coefficient (Wildman–Crippen LogP) is 1.60. The lowest BCUT2D eigenvalue weighted by Gasteiger charge is -2.31. The van der Waals surface area contributed by atoms with Gasteiger partial charge in [0.1, 0.15) is 0 Å². The number of carbonyl (C=O) groups excluding carboxylic acids is 2. The van der Waals surface area contributed by atoms with E-state index in [0.717, 1.165) is 24.1 Å². The molecule has 0 bridgehead atoms. The summed E-state index contributed by atoms with van der Waals surface area (Å²) in [5, 5.41) is 11.8. The third-order valence-corrected chi connectivity index (χ3v) is 4.62. The van der Waals surface area contributed by atoms with Crippen molar-refractivity contribution in [3.8, 4) is 0 Å². The van der Waals surface area contributed by atoms with Gasteiger partial charge in [-0.3, -0.25) is 15.0 Å². The molecule has 2 aliphatic rings. The first-order chi connectivity index (χ1) is 11.2. The molecular formula is C16H22N4O3. The van der Waals surface area contributed by atoms with Gasteiger partial charge in [-0.25, -0.2) is 10.3 Å². The Balaban J connectivity index is 1.66. The quantitative estimate of drug-likeness (QED) is 0.570. The zero-order chi connectivity index (χ0) is 16.2. The van der Waals surface area contributed by atoms with Crippen molar-refractivity contribution in [2.75, 3.05) is 6.54 Å². The van der Waals surface area contributed by atoms with Gasteiger partial charge in [0.05, 0.1) is 5.56 Å². The molecule has 3 rings (SSSR count). The van der Waals surface area contributed by atoms with Gasteiger partial charge in [0, 0.05) is 37.4 Å². The number of carbonyl (C=O) groups is 2. The van der Waals surface area contributed by atoms with Gasteiger partial charge in [-0.2, -0.15) is 0 Å². The van der Waals surface area contributed by atoms with Crippen molar-refractivity contribution < 1.29 is 14.8 Å². The van der Waals surface area contributed by atoms with Gasteiger partial charge in [-0.1, -0.05) is 19.3 Å². The van der Waals surface area contributed by atoms with Crippen LogP contribution in [0.4, 0.5) is 4.79 Å². The number of hydroxylamine groups is 1. The van der Waals surface area contributed by atoms with E-state index in [2.05, 4.69) is 10.3 Å². The molecule has 124 valence electrons. The fourth-order valence-corrected chi connectivity index (χ4v) is 3.30. The van der Waals surface area contributed by atoms with Crippen LogP contribution < -0.4 is 10.8 Å². The summed E-state index contributed by atoms with van der Waals surface area (Å²) in [5.74, 6) is -0.593. The van der Waals surface area contributed by atoms with Crippen LogP contribution in [0.25, 0.3) is 0 Å². The van der Waals surface area contributed by atoms with Crippen molar-refractivity contribution >= 4 is 11.9 Å². The Morgan fingerprint density at radius 1 is 1.26 bits per heavy atom. The normalized spacial score (nSPS) is 18.2. The van der Waals surface area contributed by atoms with Crippen molar-refractivity contribution in [3.05, 3.63) is 29.1 Å². The molecule has 1 aliphatic heterocycles. The average molecular weight is 318 g/mol. The molecule has 0 atom stereocenters. The minimum Gasteiger partial charge on any atom is -0.335 e. The van der Waals surface area contributed by atoms with E-state index in [1.807, 2.05) is 0 Å². The van der Waals surface area contributed by atoms with Crippen LogP contribution in [0.5, 0.6) is 0 Å². The maximum Gasteiger partial charge on any atom is 0.317 e. The first-order valence-electron chi connectivity index (χ1n) is 8.15. The molecule has 0 radical (unpaired) electrons. The highest BCUT2D eigenvalue weighted by Gasteiger charge is 2.24. The number of fused-ring (bicyclic) bond motifs is 1. The second-order valence-electron chi connectivity index (χ2n) is 6.23. The van der Waals surface area contributed by atoms with Gasteiger partial charge in [0.25, 0.3) is 5.91 Å². The van der Waals surface area contributed by atoms with Gasteiger partial charge >= 0.3 is 6.03 Å². The Morgan fingerprint density at radius 2 is 2.04 bits per heavy atom. The van der Waals surface area contributed by atoms with Crippen molar-refractivity contribution in [2.24, 2.45) is 0 Å². The molecule has 7 nitrogen and oxygen atoms in total. The lowest BCUT2D eigenvalue weighted by Crippen LogP contribution is -2.47. The van der Waals surface area contributed by atoms with Gasteiger partial charge < -0.3 is 10.2 Å². The van der Waals surface area contributed by atoms with E-state index >= 15 is 0 Å². The summed E-state index contributed by atoms with van der Waals surface area (Å²) in [6, 6.07) is 1.93. The van der Waals surface area contributed by atoms with Gasteiger partial charge in [-0.15, -0.1) is 0 Å². The molecule has 0 unspecified atom stereocenters. The van der Waals surface area contributed by atoms with Crippen LogP contribution in [0.1, 0.15) is 53.7 Å². The third kappa shape index (κ3) is 3.61. The predicted molar refractivity (Wildman–Crippen MR) is 83.0 cm³/mol. The summed E-state index contributed by atoms with van der Waals surface area (Å²) in [7, 11) is 0. The molecule has 1 fully saturated rings. The summed E-state index contributed by atoms with van der Waals surface area (Å²) in [5.41, 5.74) is 3.66. The maximum atomic E-state index is 12.4. The van der Waals surface area contributed by atoms with Crippen molar-refractivity contribution in [3.63, 3.8) is 0 Å². The molecule has 1 saturated carbocycles. The van der Waals surface area contributed by atoms with E-state index in [0.29, 0.717) is 25.1 Å². The van der Waals surface area contributed by atoms with Crippen LogP contribution in [0.15, 0.2) is 12.3 Å². The summed E-state index contributed by atoms with van der Waals surface area (Å²) in [6.45, 7) is 1.07. The van der Waals surface area contributed by atoms with Crippen LogP contribution in [0.2, 0.25) is 0 Å². The van der Waals surface area contributed by atoms with Crippen LogP contribution in [0.3, 0.4) is 0 Å². The zero-order valence-corrected chi connectivity index (χ0v) is 13.0. The summed E-state index contributed by atoms with van der Waals surface area (Å²) < 4.78 is 0. The summed E-state index contributed by atoms with van der Waals surface area (Å²) in [4.78, 5) is 29.9. The van der Waals surface area contributed by atoms with Crippen molar-refractivity contribution in [1.29, 1.82) is 0 Å². The van der Waals surface area contributed by atoms with Crippen molar-refractivity contribution in [1.82, 2.24) is 20.7 Å². The Morgan fingerprint density at radius 3 is 2.78 bits per heavy atom. The molecule has 0 spiro atoms. The van der Waals surface area contributed by atoms with Gasteiger partial charge in [0.2, 0.25) is 0 Å². The highest BCUT2D eigenvalue weighted by Crippen LogP contribution is 2.20. The number of pyridine rings is 1. The molecule has 1 aromatic rings. The molecule has 0 aromatic carbocycles. The van der Waals surface area contributed by atoms with Crippen LogP contribution in [-0.4, -0.2) is 39.6 Å². The highest BCUT2D eigenvalue weighted by molar-refractivity contribution is 5.93. The second-order valence-corrected chi connectivity index (χ2v) is 6.23. The lowest BCUT2D eigenvalue weighted by atomic mass is 9.95. The van der Waals surface area contributed by atoms with Crippen molar-refractivity contribution in [2.45, 2.75) is 51.1 Å². The molecule has 0 saturated heterocycles.